The van der Waals surface area contributed by atoms with E-state index in [4.69, 9.17) is 4.99 Å². The second-order valence-corrected chi connectivity index (χ2v) is 8.05. The Morgan fingerprint density at radius 1 is 1.31 bits per heavy atom. The maximum absolute atomic E-state index is 4.76. The molecule has 0 amide bonds. The van der Waals surface area contributed by atoms with Crippen molar-refractivity contribution < 1.29 is 0 Å². The summed E-state index contributed by atoms with van der Waals surface area (Å²) >= 11 is 3.67. The molecule has 2 aromatic rings. The van der Waals surface area contributed by atoms with Gasteiger partial charge in [0.05, 0.1) is 5.69 Å². The SMILES string of the molecule is CCCCNC(=NCc1nnc(C)n1C)NC1CCN(c2ccccc2Br)C1.I. The summed E-state index contributed by atoms with van der Waals surface area (Å²) in [4.78, 5) is 7.18. The smallest absolute Gasteiger partial charge is 0.191 e. The lowest BCUT2D eigenvalue weighted by Crippen LogP contribution is -2.45. The van der Waals surface area contributed by atoms with Crippen molar-refractivity contribution >= 4 is 51.6 Å². The molecule has 2 N–H and O–H groups in total. The molecular formula is C20H31BrIN7. The van der Waals surface area contributed by atoms with E-state index in [0.29, 0.717) is 12.6 Å². The monoisotopic (exact) mass is 575 g/mol. The average molecular weight is 576 g/mol. The molecule has 0 bridgehead atoms. The van der Waals surface area contributed by atoms with Gasteiger partial charge < -0.3 is 20.1 Å². The Labute approximate surface area is 198 Å². The van der Waals surface area contributed by atoms with Crippen LogP contribution in [0, 0.1) is 6.92 Å². The lowest BCUT2D eigenvalue weighted by Gasteiger charge is -2.21. The molecular weight excluding hydrogens is 545 g/mol. The van der Waals surface area contributed by atoms with E-state index >= 15 is 0 Å². The molecule has 7 nitrogen and oxygen atoms in total. The maximum atomic E-state index is 4.76. The van der Waals surface area contributed by atoms with Gasteiger partial charge in [-0.1, -0.05) is 25.5 Å². The number of aliphatic imine (C=N–C) groups is 1. The van der Waals surface area contributed by atoms with Gasteiger partial charge in [-0.25, -0.2) is 4.99 Å². The molecule has 0 spiro atoms. The van der Waals surface area contributed by atoms with Gasteiger partial charge in [0.15, 0.2) is 11.8 Å². The lowest BCUT2D eigenvalue weighted by atomic mass is 10.2. The van der Waals surface area contributed by atoms with Gasteiger partial charge >= 0.3 is 0 Å². The summed E-state index contributed by atoms with van der Waals surface area (Å²) < 4.78 is 3.13. The van der Waals surface area contributed by atoms with E-state index in [2.05, 4.69) is 72.8 Å². The van der Waals surface area contributed by atoms with Crippen molar-refractivity contribution in [1.82, 2.24) is 25.4 Å². The number of halogens is 2. The third-order valence-electron chi connectivity index (χ3n) is 5.11. The first-order chi connectivity index (χ1) is 13.6. The third-order valence-corrected chi connectivity index (χ3v) is 5.78. The van der Waals surface area contributed by atoms with Gasteiger partial charge in [-0.3, -0.25) is 0 Å². The van der Waals surface area contributed by atoms with Gasteiger partial charge in [0.1, 0.15) is 12.4 Å². The summed E-state index contributed by atoms with van der Waals surface area (Å²) in [7, 11) is 1.98. The standard InChI is InChI=1S/C20H30BrN7.HI/c1-4-5-11-22-20(23-13-19-26-25-15(2)27(19)3)24-16-10-12-28(14-16)18-9-7-6-8-17(18)21;/h6-9,16H,4-5,10-14H2,1-3H3,(H2,22,23,24);1H. The number of unbranched alkanes of at least 4 members (excludes halogenated alkanes) is 1. The molecule has 1 atom stereocenters. The van der Waals surface area contributed by atoms with Gasteiger partial charge in [-0.15, -0.1) is 34.2 Å². The van der Waals surface area contributed by atoms with Gasteiger partial charge in [0, 0.05) is 37.2 Å². The van der Waals surface area contributed by atoms with Crippen LogP contribution >= 0.6 is 39.9 Å². The molecule has 1 aliphatic heterocycles. The fourth-order valence-corrected chi connectivity index (χ4v) is 3.81. The number of nitrogens with zero attached hydrogens (tertiary/aromatic N) is 5. The fraction of sp³-hybridized carbons (Fsp3) is 0.550. The molecule has 1 aromatic carbocycles. The van der Waals surface area contributed by atoms with Crippen LogP contribution in [0.5, 0.6) is 0 Å². The number of nitrogens with one attached hydrogen (secondary N) is 2. The van der Waals surface area contributed by atoms with E-state index < -0.39 is 0 Å². The zero-order valence-electron chi connectivity index (χ0n) is 17.4. The molecule has 0 radical (unpaired) electrons. The highest BCUT2D eigenvalue weighted by atomic mass is 127. The maximum Gasteiger partial charge on any atom is 0.191 e. The van der Waals surface area contributed by atoms with Crippen molar-refractivity contribution in [1.29, 1.82) is 0 Å². The first kappa shape index (κ1) is 23.9. The zero-order chi connectivity index (χ0) is 19.9. The van der Waals surface area contributed by atoms with E-state index in [-0.39, 0.29) is 24.0 Å². The Hall–Kier alpha value is -1.36. The molecule has 3 rings (SSSR count). The molecule has 1 unspecified atom stereocenters. The van der Waals surface area contributed by atoms with Crippen LogP contribution in [0.3, 0.4) is 0 Å². The highest BCUT2D eigenvalue weighted by molar-refractivity contribution is 14.0. The van der Waals surface area contributed by atoms with Gasteiger partial charge in [0.2, 0.25) is 0 Å². The largest absolute Gasteiger partial charge is 0.368 e. The van der Waals surface area contributed by atoms with Crippen molar-refractivity contribution in [2.45, 2.75) is 45.7 Å². The number of benzene rings is 1. The molecule has 1 aromatic heterocycles. The molecule has 29 heavy (non-hydrogen) atoms. The van der Waals surface area contributed by atoms with Crippen molar-refractivity contribution in [3.05, 3.63) is 40.4 Å². The number of hydrogen-bond acceptors (Lipinski definition) is 4. The number of anilines is 1. The first-order valence-corrected chi connectivity index (χ1v) is 10.8. The van der Waals surface area contributed by atoms with Crippen LogP contribution in [0.1, 0.15) is 37.8 Å². The minimum atomic E-state index is 0. The number of rotatable bonds is 7. The fourth-order valence-electron chi connectivity index (χ4n) is 3.27. The van der Waals surface area contributed by atoms with Crippen molar-refractivity contribution in [3.63, 3.8) is 0 Å². The average Bonchev–Trinajstić information content (AvgIpc) is 3.28. The van der Waals surface area contributed by atoms with Crippen LogP contribution in [0.15, 0.2) is 33.7 Å². The number of aromatic nitrogens is 3. The normalized spacial score (nSPS) is 16.6. The lowest BCUT2D eigenvalue weighted by molar-refractivity contribution is 0.636. The van der Waals surface area contributed by atoms with Gasteiger partial charge in [0.25, 0.3) is 0 Å². The van der Waals surface area contributed by atoms with Crippen LogP contribution in [0.25, 0.3) is 0 Å². The summed E-state index contributed by atoms with van der Waals surface area (Å²) in [6.07, 6.45) is 3.36. The van der Waals surface area contributed by atoms with Gasteiger partial charge in [-0.2, -0.15) is 0 Å². The minimum Gasteiger partial charge on any atom is -0.368 e. The second kappa shape index (κ2) is 11.7. The predicted octanol–water partition coefficient (Wildman–Crippen LogP) is 3.62. The molecule has 0 aliphatic carbocycles. The van der Waals surface area contributed by atoms with E-state index in [1.807, 2.05) is 18.5 Å². The van der Waals surface area contributed by atoms with Crippen LogP contribution in [0.4, 0.5) is 5.69 Å². The number of para-hydroxylation sites is 1. The third kappa shape index (κ3) is 6.56. The number of guanidine groups is 1. The second-order valence-electron chi connectivity index (χ2n) is 7.19. The zero-order valence-corrected chi connectivity index (χ0v) is 21.3. The molecule has 1 fully saturated rings. The summed E-state index contributed by atoms with van der Waals surface area (Å²) in [6, 6.07) is 8.76. The molecule has 9 heteroatoms. The van der Waals surface area contributed by atoms with E-state index in [1.165, 1.54) is 5.69 Å². The molecule has 2 heterocycles. The Morgan fingerprint density at radius 3 is 2.79 bits per heavy atom. The summed E-state index contributed by atoms with van der Waals surface area (Å²) in [5, 5.41) is 15.4. The minimum absolute atomic E-state index is 0. The molecule has 160 valence electrons. The Balaban J connectivity index is 0.00000300. The first-order valence-electron chi connectivity index (χ1n) is 9.97. The highest BCUT2D eigenvalue weighted by Gasteiger charge is 2.24. The van der Waals surface area contributed by atoms with E-state index in [1.54, 1.807) is 0 Å². The van der Waals surface area contributed by atoms with Crippen LogP contribution in [-0.2, 0) is 13.6 Å². The van der Waals surface area contributed by atoms with Crippen LogP contribution in [0.2, 0.25) is 0 Å². The summed E-state index contributed by atoms with van der Waals surface area (Å²) in [6.45, 7) is 7.57. The Bertz CT molecular complexity index is 808. The predicted molar refractivity (Wildman–Crippen MR) is 133 cm³/mol. The van der Waals surface area contributed by atoms with E-state index in [0.717, 1.165) is 61.0 Å². The van der Waals surface area contributed by atoms with Crippen molar-refractivity contribution in [3.8, 4) is 0 Å². The Kier molecular flexibility index (Phi) is 9.67. The van der Waals surface area contributed by atoms with Crippen molar-refractivity contribution in [2.75, 3.05) is 24.5 Å². The van der Waals surface area contributed by atoms with E-state index in [9.17, 15) is 0 Å². The Morgan fingerprint density at radius 2 is 2.10 bits per heavy atom. The number of aryl methyl sites for hydroxylation is 1. The van der Waals surface area contributed by atoms with Gasteiger partial charge in [-0.05, 0) is 47.8 Å². The molecule has 1 saturated heterocycles. The molecule has 0 saturated carbocycles. The molecule has 1 aliphatic rings. The highest BCUT2D eigenvalue weighted by Crippen LogP contribution is 2.28. The van der Waals surface area contributed by atoms with Crippen LogP contribution < -0.4 is 15.5 Å². The summed E-state index contributed by atoms with van der Waals surface area (Å²) in [5.74, 6) is 2.63. The quantitative estimate of drug-likeness (QED) is 0.228. The topological polar surface area (TPSA) is 70.4 Å². The summed E-state index contributed by atoms with van der Waals surface area (Å²) in [5.41, 5.74) is 1.25. The van der Waals surface area contributed by atoms with Crippen LogP contribution in [-0.4, -0.2) is 46.4 Å². The number of hydrogen-bond donors (Lipinski definition) is 2. The van der Waals surface area contributed by atoms with Crippen molar-refractivity contribution in [2.24, 2.45) is 12.0 Å².